The summed E-state index contributed by atoms with van der Waals surface area (Å²) >= 11 is 0. The first-order valence-corrected chi connectivity index (χ1v) is 7.90. The second-order valence-electron chi connectivity index (χ2n) is 5.19. The molecule has 0 spiro atoms. The van der Waals surface area contributed by atoms with Crippen LogP contribution in [0, 0.1) is 0 Å². The van der Waals surface area contributed by atoms with Crippen molar-refractivity contribution >= 4 is 5.91 Å². The predicted molar refractivity (Wildman–Crippen MR) is 92.1 cm³/mol. The van der Waals surface area contributed by atoms with Gasteiger partial charge in [0.05, 0.1) is 13.7 Å². The first kappa shape index (κ1) is 17.8. The van der Waals surface area contributed by atoms with Gasteiger partial charge in [0.25, 0.3) is 5.91 Å². The van der Waals surface area contributed by atoms with Gasteiger partial charge in [-0.3, -0.25) is 4.79 Å². The summed E-state index contributed by atoms with van der Waals surface area (Å²) in [5.74, 6) is 1.22. The van der Waals surface area contributed by atoms with Gasteiger partial charge >= 0.3 is 0 Å². The van der Waals surface area contributed by atoms with E-state index in [9.17, 15) is 4.79 Å². The summed E-state index contributed by atoms with van der Waals surface area (Å²) in [4.78, 5) is 11.8. The van der Waals surface area contributed by atoms with Crippen LogP contribution in [-0.2, 0) is 22.7 Å². The molecule has 1 N–H and O–H groups in total. The van der Waals surface area contributed by atoms with E-state index in [1.807, 2.05) is 31.2 Å². The van der Waals surface area contributed by atoms with E-state index in [2.05, 4.69) is 5.32 Å². The van der Waals surface area contributed by atoms with Crippen molar-refractivity contribution in [2.75, 3.05) is 20.3 Å². The van der Waals surface area contributed by atoms with Crippen LogP contribution >= 0.6 is 0 Å². The van der Waals surface area contributed by atoms with E-state index in [-0.39, 0.29) is 12.5 Å². The Labute approximate surface area is 142 Å². The molecule has 2 rings (SSSR count). The number of hydrogen-bond acceptors (Lipinski definition) is 4. The average molecular weight is 329 g/mol. The molecular weight excluding hydrogens is 306 g/mol. The van der Waals surface area contributed by atoms with Crippen LogP contribution in [0.1, 0.15) is 18.1 Å². The highest BCUT2D eigenvalue weighted by atomic mass is 16.5. The highest BCUT2D eigenvalue weighted by Crippen LogP contribution is 2.16. The minimum absolute atomic E-state index is 0.0191. The molecule has 0 bridgehead atoms. The number of carbonyl (C=O) groups is 1. The molecule has 24 heavy (non-hydrogen) atoms. The first-order chi connectivity index (χ1) is 11.7. The van der Waals surface area contributed by atoms with Crippen molar-refractivity contribution in [2.45, 2.75) is 20.1 Å². The van der Waals surface area contributed by atoms with Gasteiger partial charge in [0, 0.05) is 13.2 Å². The Bertz CT molecular complexity index is 623. The molecule has 0 saturated heterocycles. The minimum Gasteiger partial charge on any atom is -0.497 e. The van der Waals surface area contributed by atoms with Crippen LogP contribution in [0.2, 0.25) is 0 Å². The quantitative estimate of drug-likeness (QED) is 0.768. The van der Waals surface area contributed by atoms with Gasteiger partial charge in [-0.05, 0) is 42.3 Å². The standard InChI is InChI=1S/C19H23NO4/c1-3-23-13-16-6-4-15(5-7-16)12-20-19(21)14-24-18-10-8-17(22-2)9-11-18/h4-11H,3,12-14H2,1-2H3,(H,20,21). The topological polar surface area (TPSA) is 56.8 Å². The van der Waals surface area contributed by atoms with E-state index in [0.29, 0.717) is 25.5 Å². The van der Waals surface area contributed by atoms with Crippen molar-refractivity contribution in [3.8, 4) is 11.5 Å². The lowest BCUT2D eigenvalue weighted by molar-refractivity contribution is -0.123. The Kier molecular flexibility index (Phi) is 7.11. The second kappa shape index (κ2) is 9.57. The van der Waals surface area contributed by atoms with Crippen molar-refractivity contribution in [2.24, 2.45) is 0 Å². The molecule has 2 aromatic carbocycles. The van der Waals surface area contributed by atoms with Gasteiger partial charge in [-0.15, -0.1) is 0 Å². The zero-order valence-electron chi connectivity index (χ0n) is 14.1. The van der Waals surface area contributed by atoms with E-state index in [0.717, 1.165) is 16.9 Å². The SMILES string of the molecule is CCOCc1ccc(CNC(=O)COc2ccc(OC)cc2)cc1. The molecule has 0 atom stereocenters. The van der Waals surface area contributed by atoms with Crippen LogP contribution in [0.15, 0.2) is 48.5 Å². The molecule has 0 aliphatic carbocycles. The molecule has 5 heteroatoms. The van der Waals surface area contributed by atoms with Crippen LogP contribution < -0.4 is 14.8 Å². The van der Waals surface area contributed by atoms with Crippen LogP contribution in [0.5, 0.6) is 11.5 Å². The van der Waals surface area contributed by atoms with E-state index in [1.54, 1.807) is 31.4 Å². The normalized spacial score (nSPS) is 10.2. The van der Waals surface area contributed by atoms with E-state index in [1.165, 1.54) is 0 Å². The summed E-state index contributed by atoms with van der Waals surface area (Å²) in [7, 11) is 1.60. The summed E-state index contributed by atoms with van der Waals surface area (Å²) in [6.45, 7) is 3.73. The molecule has 0 aliphatic rings. The van der Waals surface area contributed by atoms with Crippen LogP contribution in [0.25, 0.3) is 0 Å². The Hall–Kier alpha value is -2.53. The Morgan fingerprint density at radius 2 is 1.58 bits per heavy atom. The van der Waals surface area contributed by atoms with Gasteiger partial charge in [0.2, 0.25) is 0 Å². The molecule has 0 heterocycles. The fourth-order valence-corrected chi connectivity index (χ4v) is 2.05. The highest BCUT2D eigenvalue weighted by molar-refractivity contribution is 5.77. The number of ether oxygens (including phenoxy) is 3. The summed E-state index contributed by atoms with van der Waals surface area (Å²) < 4.78 is 15.9. The average Bonchev–Trinajstić information content (AvgIpc) is 2.64. The van der Waals surface area contributed by atoms with Gasteiger partial charge < -0.3 is 19.5 Å². The van der Waals surface area contributed by atoms with Gasteiger partial charge in [-0.2, -0.15) is 0 Å². The van der Waals surface area contributed by atoms with Crippen LogP contribution in [-0.4, -0.2) is 26.2 Å². The molecule has 128 valence electrons. The number of nitrogens with one attached hydrogen (secondary N) is 1. The highest BCUT2D eigenvalue weighted by Gasteiger charge is 2.03. The molecular formula is C19H23NO4. The molecule has 0 radical (unpaired) electrons. The number of methoxy groups -OCH3 is 1. The van der Waals surface area contributed by atoms with E-state index < -0.39 is 0 Å². The summed E-state index contributed by atoms with van der Waals surface area (Å²) in [5, 5.41) is 2.83. The fraction of sp³-hybridized carbons (Fsp3) is 0.316. The van der Waals surface area contributed by atoms with Crippen molar-refractivity contribution in [3.05, 3.63) is 59.7 Å². The Morgan fingerprint density at radius 1 is 0.958 bits per heavy atom. The lowest BCUT2D eigenvalue weighted by Gasteiger charge is -2.09. The maximum Gasteiger partial charge on any atom is 0.258 e. The molecule has 0 aromatic heterocycles. The molecule has 0 unspecified atom stereocenters. The van der Waals surface area contributed by atoms with Gasteiger partial charge in [-0.1, -0.05) is 24.3 Å². The molecule has 2 aromatic rings. The summed E-state index contributed by atoms with van der Waals surface area (Å²) in [5.41, 5.74) is 2.16. The predicted octanol–water partition coefficient (Wildman–Crippen LogP) is 2.93. The van der Waals surface area contributed by atoms with Crippen LogP contribution in [0.4, 0.5) is 0 Å². The van der Waals surface area contributed by atoms with Crippen molar-refractivity contribution < 1.29 is 19.0 Å². The maximum atomic E-state index is 11.8. The Morgan fingerprint density at radius 3 is 2.21 bits per heavy atom. The van der Waals surface area contributed by atoms with Crippen molar-refractivity contribution in [1.29, 1.82) is 0 Å². The van der Waals surface area contributed by atoms with Gasteiger partial charge in [0.15, 0.2) is 6.61 Å². The summed E-state index contributed by atoms with van der Waals surface area (Å²) in [6, 6.07) is 15.1. The molecule has 1 amide bonds. The maximum absolute atomic E-state index is 11.8. The number of rotatable bonds is 9. The lowest BCUT2D eigenvalue weighted by atomic mass is 10.1. The molecule has 5 nitrogen and oxygen atoms in total. The third-order valence-corrected chi connectivity index (χ3v) is 3.41. The molecule has 0 aliphatic heterocycles. The number of amides is 1. The number of benzene rings is 2. The molecule has 0 saturated carbocycles. The van der Waals surface area contributed by atoms with E-state index >= 15 is 0 Å². The largest absolute Gasteiger partial charge is 0.497 e. The van der Waals surface area contributed by atoms with Gasteiger partial charge in [0.1, 0.15) is 11.5 Å². The number of carbonyl (C=O) groups excluding carboxylic acids is 1. The van der Waals surface area contributed by atoms with Crippen molar-refractivity contribution in [3.63, 3.8) is 0 Å². The zero-order valence-corrected chi connectivity index (χ0v) is 14.1. The summed E-state index contributed by atoms with van der Waals surface area (Å²) in [6.07, 6.45) is 0. The third-order valence-electron chi connectivity index (χ3n) is 3.41. The first-order valence-electron chi connectivity index (χ1n) is 7.90. The monoisotopic (exact) mass is 329 g/mol. The second-order valence-corrected chi connectivity index (χ2v) is 5.19. The van der Waals surface area contributed by atoms with Crippen molar-refractivity contribution in [1.82, 2.24) is 5.32 Å². The minimum atomic E-state index is -0.163. The van der Waals surface area contributed by atoms with E-state index in [4.69, 9.17) is 14.2 Å². The van der Waals surface area contributed by atoms with Crippen LogP contribution in [0.3, 0.4) is 0 Å². The fourth-order valence-electron chi connectivity index (χ4n) is 2.05. The number of hydrogen-bond donors (Lipinski definition) is 1. The smallest absolute Gasteiger partial charge is 0.258 e. The third kappa shape index (κ3) is 5.93. The lowest BCUT2D eigenvalue weighted by Crippen LogP contribution is -2.28. The van der Waals surface area contributed by atoms with Gasteiger partial charge in [-0.25, -0.2) is 0 Å². The Balaban J connectivity index is 1.72. The molecule has 0 fully saturated rings. The zero-order chi connectivity index (χ0) is 17.2.